The summed E-state index contributed by atoms with van der Waals surface area (Å²) in [5.41, 5.74) is -0.0580. The van der Waals surface area contributed by atoms with Gasteiger partial charge < -0.3 is 14.8 Å². The lowest BCUT2D eigenvalue weighted by Gasteiger charge is -1.99. The molecule has 8 nitrogen and oxygen atoms in total. The van der Waals surface area contributed by atoms with Gasteiger partial charge in [0.15, 0.2) is 11.5 Å². The van der Waals surface area contributed by atoms with E-state index in [1.165, 1.54) is 37.5 Å². The minimum absolute atomic E-state index is 0.272. The quantitative estimate of drug-likeness (QED) is 0.382. The molecular weight excluding hydrogens is 384 g/mol. The van der Waals surface area contributed by atoms with Gasteiger partial charge in [0, 0.05) is 17.7 Å². The molecule has 0 unspecified atom stereocenters. The van der Waals surface area contributed by atoms with Gasteiger partial charge in [-0.2, -0.15) is 0 Å². The second-order valence-corrected chi connectivity index (χ2v) is 6.76. The highest BCUT2D eigenvalue weighted by atomic mass is 32.1. The van der Waals surface area contributed by atoms with E-state index in [4.69, 9.17) is 4.74 Å². The van der Waals surface area contributed by atoms with Crippen molar-refractivity contribution in [3.05, 3.63) is 83.3 Å². The third kappa shape index (κ3) is 4.15. The second kappa shape index (κ2) is 7.89. The van der Waals surface area contributed by atoms with E-state index in [9.17, 15) is 24.8 Å². The molecule has 2 aromatic carbocycles. The molecule has 3 aromatic rings. The number of carbonyl (C=O) groups is 1. The van der Waals surface area contributed by atoms with Gasteiger partial charge in [-0.25, -0.2) is 0 Å². The number of thiazole rings is 1. The number of aromatic hydroxyl groups is 1. The number of nitro benzene ring substituents is 1. The summed E-state index contributed by atoms with van der Waals surface area (Å²) in [5, 5.41) is 20.4. The molecule has 1 aromatic heterocycles. The summed E-state index contributed by atoms with van der Waals surface area (Å²) in [4.78, 5) is 37.2. The van der Waals surface area contributed by atoms with Crippen LogP contribution >= 0.6 is 11.3 Å². The molecule has 0 saturated carbocycles. The molecule has 142 valence electrons. The third-order valence-corrected chi connectivity index (χ3v) is 4.77. The first-order chi connectivity index (χ1) is 13.4. The fourth-order valence-electron chi connectivity index (χ4n) is 2.41. The maximum atomic E-state index is 12.3. The normalized spacial score (nSPS) is 12.2. The van der Waals surface area contributed by atoms with Gasteiger partial charge in [-0.05, 0) is 42.0 Å². The smallest absolute Gasteiger partial charge is 0.311 e. The monoisotopic (exact) mass is 398 g/mol. The molecule has 0 fully saturated rings. The maximum Gasteiger partial charge on any atom is 0.311 e. The lowest BCUT2D eigenvalue weighted by atomic mass is 10.1. The summed E-state index contributed by atoms with van der Waals surface area (Å²) >= 11 is 1.05. The van der Waals surface area contributed by atoms with Gasteiger partial charge in [-0.3, -0.25) is 19.7 Å². The van der Waals surface area contributed by atoms with E-state index in [2.05, 4.69) is 4.98 Å². The van der Waals surface area contributed by atoms with Crippen molar-refractivity contribution in [2.45, 2.75) is 0 Å². The number of benzene rings is 2. The number of hydrogen-bond acceptors (Lipinski definition) is 7. The number of methoxy groups -OCH3 is 1. The Labute approximate surface area is 161 Å². The van der Waals surface area contributed by atoms with Crippen molar-refractivity contribution in [1.82, 2.24) is 4.98 Å². The number of nitrogens with one attached hydrogen (secondary N) is 1. The van der Waals surface area contributed by atoms with Crippen molar-refractivity contribution in [3.8, 4) is 11.5 Å². The number of nitro groups is 1. The number of Topliss-reactive ketones (excluding diaryl/α,β-unsaturated/α-hetero) is 1. The number of carbonyl (C=O) groups excluding carboxylic acids is 1. The summed E-state index contributed by atoms with van der Waals surface area (Å²) in [7, 11) is 1.53. The van der Waals surface area contributed by atoms with Gasteiger partial charge in [-0.1, -0.05) is 6.07 Å². The molecule has 0 aliphatic heterocycles. The number of H-pyrrole nitrogens is 1. The number of phenols is 1. The van der Waals surface area contributed by atoms with E-state index >= 15 is 0 Å². The van der Waals surface area contributed by atoms with E-state index in [-0.39, 0.29) is 10.3 Å². The zero-order valence-electron chi connectivity index (χ0n) is 14.5. The first-order valence-corrected chi connectivity index (χ1v) is 8.77. The summed E-state index contributed by atoms with van der Waals surface area (Å²) in [6.45, 7) is 0. The molecule has 0 atom stereocenters. The predicted molar refractivity (Wildman–Crippen MR) is 104 cm³/mol. The highest BCUT2D eigenvalue weighted by molar-refractivity contribution is 7.07. The van der Waals surface area contributed by atoms with Gasteiger partial charge in [0.05, 0.1) is 21.2 Å². The number of ether oxygens (including phenoxy) is 1. The lowest BCUT2D eigenvalue weighted by molar-refractivity contribution is -0.385. The summed E-state index contributed by atoms with van der Waals surface area (Å²) in [6.07, 6.45) is 2.76. The van der Waals surface area contributed by atoms with Crippen molar-refractivity contribution >= 4 is 35.0 Å². The van der Waals surface area contributed by atoms with Crippen LogP contribution in [0.2, 0.25) is 0 Å². The van der Waals surface area contributed by atoms with E-state index in [1.54, 1.807) is 24.3 Å². The largest absolute Gasteiger partial charge is 0.502 e. The number of aromatic amines is 1. The van der Waals surface area contributed by atoms with Crippen LogP contribution in [0, 0.1) is 10.1 Å². The Balaban J connectivity index is 1.96. The first kappa shape index (κ1) is 19.1. The minimum Gasteiger partial charge on any atom is -0.502 e. The van der Waals surface area contributed by atoms with Crippen LogP contribution in [0.15, 0.2) is 47.3 Å². The molecule has 0 aliphatic rings. The standard InChI is InChI=1S/C19H14N2O6S/c1-27-13-5-3-12(4-6-13)16(23)10-18-20-19(24)17(28-18)9-11-2-7-15(22)14(8-11)21(25)26/h2-10,22H,1H3,(H,20,24)/b17-9-,18-10-. The Kier molecular flexibility index (Phi) is 5.37. The van der Waals surface area contributed by atoms with E-state index in [1.807, 2.05) is 0 Å². The van der Waals surface area contributed by atoms with Crippen LogP contribution in [0.1, 0.15) is 15.9 Å². The Morgan fingerprint density at radius 3 is 2.61 bits per heavy atom. The predicted octanol–water partition coefficient (Wildman–Crippen LogP) is 1.55. The molecule has 2 N–H and O–H groups in total. The highest BCUT2D eigenvalue weighted by Gasteiger charge is 2.13. The van der Waals surface area contributed by atoms with Gasteiger partial charge in [0.25, 0.3) is 5.56 Å². The van der Waals surface area contributed by atoms with Crippen LogP contribution in [0.3, 0.4) is 0 Å². The van der Waals surface area contributed by atoms with Crippen LogP contribution in [0.5, 0.6) is 11.5 Å². The van der Waals surface area contributed by atoms with E-state index in [0.29, 0.717) is 21.5 Å². The first-order valence-electron chi connectivity index (χ1n) is 7.96. The maximum absolute atomic E-state index is 12.3. The summed E-state index contributed by atoms with van der Waals surface area (Å²) < 4.78 is 5.67. The summed E-state index contributed by atoms with van der Waals surface area (Å²) in [5.74, 6) is -0.116. The van der Waals surface area contributed by atoms with Crippen LogP contribution < -0.4 is 19.5 Å². The molecular formula is C19H14N2O6S. The molecule has 0 saturated heterocycles. The van der Waals surface area contributed by atoms with Crippen molar-refractivity contribution in [3.63, 3.8) is 0 Å². The van der Waals surface area contributed by atoms with Crippen molar-refractivity contribution < 1.29 is 19.6 Å². The topological polar surface area (TPSA) is 123 Å². The Hall–Kier alpha value is -3.72. The van der Waals surface area contributed by atoms with E-state index < -0.39 is 21.9 Å². The number of hydrogen-bond donors (Lipinski definition) is 2. The molecule has 0 bridgehead atoms. The number of nitrogens with zero attached hydrogens (tertiary/aromatic N) is 1. The SMILES string of the molecule is COc1ccc(C(=O)/C=c2/[nH]c(=O)/c(=C/c3ccc(O)c([N+](=O)[O-])c3)s2)cc1. The Morgan fingerprint density at radius 1 is 1.25 bits per heavy atom. The zero-order chi connectivity index (χ0) is 20.3. The number of aromatic nitrogens is 1. The molecule has 0 radical (unpaired) electrons. The van der Waals surface area contributed by atoms with Crippen molar-refractivity contribution in [1.29, 1.82) is 0 Å². The van der Waals surface area contributed by atoms with Crippen molar-refractivity contribution in [2.75, 3.05) is 7.11 Å². The Bertz CT molecular complexity index is 1220. The fraction of sp³-hybridized carbons (Fsp3) is 0.0526. The second-order valence-electron chi connectivity index (χ2n) is 5.67. The lowest BCUT2D eigenvalue weighted by Crippen LogP contribution is -2.20. The van der Waals surface area contributed by atoms with Gasteiger partial charge in [0.2, 0.25) is 0 Å². The van der Waals surface area contributed by atoms with Crippen LogP contribution in [0.25, 0.3) is 12.2 Å². The molecule has 0 amide bonds. The average Bonchev–Trinajstić information content (AvgIpc) is 3.01. The van der Waals surface area contributed by atoms with Gasteiger partial charge in [0.1, 0.15) is 5.75 Å². The molecule has 9 heteroatoms. The number of rotatable bonds is 5. The zero-order valence-corrected chi connectivity index (χ0v) is 15.4. The van der Waals surface area contributed by atoms with Crippen LogP contribution in [0.4, 0.5) is 5.69 Å². The molecule has 28 heavy (non-hydrogen) atoms. The summed E-state index contributed by atoms with van der Waals surface area (Å²) in [6, 6.07) is 10.4. The Morgan fingerprint density at radius 2 is 1.96 bits per heavy atom. The van der Waals surface area contributed by atoms with Crippen LogP contribution in [-0.4, -0.2) is 27.9 Å². The highest BCUT2D eigenvalue weighted by Crippen LogP contribution is 2.26. The number of ketones is 1. The average molecular weight is 398 g/mol. The molecule has 3 rings (SSSR count). The molecule has 0 aliphatic carbocycles. The minimum atomic E-state index is -0.710. The fourth-order valence-corrected chi connectivity index (χ4v) is 3.30. The molecule has 0 spiro atoms. The van der Waals surface area contributed by atoms with Crippen molar-refractivity contribution in [2.24, 2.45) is 0 Å². The van der Waals surface area contributed by atoms with E-state index in [0.717, 1.165) is 11.3 Å². The van der Waals surface area contributed by atoms with Gasteiger partial charge in [-0.15, -0.1) is 11.3 Å². The van der Waals surface area contributed by atoms with Gasteiger partial charge >= 0.3 is 5.69 Å². The van der Waals surface area contributed by atoms with Crippen LogP contribution in [-0.2, 0) is 0 Å². The third-order valence-electron chi connectivity index (χ3n) is 3.81. The number of phenolic OH excluding ortho intramolecular Hbond substituents is 1. The molecule has 1 heterocycles.